The van der Waals surface area contributed by atoms with Crippen molar-refractivity contribution in [1.82, 2.24) is 9.97 Å². The van der Waals surface area contributed by atoms with Crippen LogP contribution in [0.1, 0.15) is 0 Å². The molecule has 2 nitrogen and oxygen atoms in total. The third-order valence-electron chi connectivity index (χ3n) is 3.82. The van der Waals surface area contributed by atoms with Gasteiger partial charge in [0.15, 0.2) is 0 Å². The maximum absolute atomic E-state index is 13.7. The Labute approximate surface area is 141 Å². The highest BCUT2D eigenvalue weighted by Gasteiger charge is 2.14. The Morgan fingerprint density at radius 2 is 1.04 bits per heavy atom. The minimum Gasteiger partial charge on any atom is -0.244 e. The lowest BCUT2D eigenvalue weighted by molar-refractivity contribution is 0.627. The fourth-order valence-electron chi connectivity index (χ4n) is 2.70. The number of halogens is 3. The largest absolute Gasteiger partial charge is 0.244 e. The van der Waals surface area contributed by atoms with Gasteiger partial charge in [0, 0.05) is 17.2 Å². The van der Waals surface area contributed by atoms with E-state index in [4.69, 9.17) is 0 Å². The summed E-state index contributed by atoms with van der Waals surface area (Å²) in [6.07, 6.45) is 0. The number of nitrogens with zero attached hydrogens (tertiary/aromatic N) is 2. The van der Waals surface area contributed by atoms with E-state index in [1.165, 1.54) is 42.5 Å². The van der Waals surface area contributed by atoms with Crippen molar-refractivity contribution in [1.29, 1.82) is 0 Å². The molecule has 0 atom stereocenters. The van der Waals surface area contributed by atoms with Gasteiger partial charge in [-0.05, 0) is 36.4 Å². The van der Waals surface area contributed by atoms with Gasteiger partial charge in [-0.1, -0.05) is 24.3 Å². The van der Waals surface area contributed by atoms with Gasteiger partial charge < -0.3 is 0 Å². The summed E-state index contributed by atoms with van der Waals surface area (Å²) in [6, 6.07) is 15.9. The van der Waals surface area contributed by atoms with Crippen LogP contribution >= 0.6 is 0 Å². The molecular weight excluding hydrogens is 325 g/mol. The van der Waals surface area contributed by atoms with Crippen LogP contribution < -0.4 is 0 Å². The van der Waals surface area contributed by atoms with Gasteiger partial charge in [-0.3, -0.25) is 0 Å². The van der Waals surface area contributed by atoms with E-state index in [0.717, 1.165) is 0 Å². The number of benzene rings is 3. The molecule has 0 saturated heterocycles. The maximum Gasteiger partial charge on any atom is 0.125 e. The molecule has 1 heterocycles. The Kier molecular flexibility index (Phi) is 3.69. The Bertz CT molecular complexity index is 1090. The van der Waals surface area contributed by atoms with E-state index in [1.54, 1.807) is 24.3 Å². The van der Waals surface area contributed by atoms with Crippen LogP contribution in [0.15, 0.2) is 66.7 Å². The average Bonchev–Trinajstić information content (AvgIpc) is 2.60. The predicted octanol–water partition coefficient (Wildman–Crippen LogP) is 5.38. The summed E-state index contributed by atoms with van der Waals surface area (Å²) >= 11 is 0. The number of fused-ring (bicyclic) bond motifs is 1. The van der Waals surface area contributed by atoms with Gasteiger partial charge in [-0.2, -0.15) is 0 Å². The van der Waals surface area contributed by atoms with Crippen LogP contribution in [0.4, 0.5) is 13.2 Å². The zero-order chi connectivity index (χ0) is 17.4. The molecule has 3 aromatic carbocycles. The first-order valence-electron chi connectivity index (χ1n) is 7.59. The van der Waals surface area contributed by atoms with E-state index in [1.807, 2.05) is 0 Å². The lowest BCUT2D eigenvalue weighted by atomic mass is 10.0. The molecule has 0 saturated carbocycles. The summed E-state index contributed by atoms with van der Waals surface area (Å²) in [5.74, 6) is -1.28. The Balaban J connectivity index is 2.05. The van der Waals surface area contributed by atoms with Crippen molar-refractivity contribution in [2.45, 2.75) is 0 Å². The molecule has 4 aromatic rings. The van der Waals surface area contributed by atoms with Crippen LogP contribution in [0, 0.1) is 17.5 Å². The molecular formula is C20H11F3N2. The molecule has 0 aliphatic carbocycles. The quantitative estimate of drug-likeness (QED) is 0.491. The molecule has 0 fully saturated rings. The van der Waals surface area contributed by atoms with Crippen LogP contribution in [-0.2, 0) is 0 Å². The van der Waals surface area contributed by atoms with Crippen molar-refractivity contribution in [3.63, 3.8) is 0 Å². The maximum atomic E-state index is 13.7. The van der Waals surface area contributed by atoms with Crippen molar-refractivity contribution in [2.75, 3.05) is 0 Å². The summed E-state index contributed by atoms with van der Waals surface area (Å²) in [5, 5.41) is 0. The second kappa shape index (κ2) is 6.02. The fraction of sp³-hybridized carbons (Fsp3) is 0. The minimum absolute atomic E-state index is 0.347. The van der Waals surface area contributed by atoms with Crippen LogP contribution in [0.3, 0.4) is 0 Å². The SMILES string of the molecule is Fc1cccc(-c2nc3ccc(F)cc3nc2-c2cccc(F)c2)c1. The second-order valence-electron chi connectivity index (χ2n) is 5.57. The normalized spacial score (nSPS) is 11.0. The molecule has 0 aliphatic rings. The molecule has 122 valence electrons. The van der Waals surface area contributed by atoms with Crippen LogP contribution in [0.25, 0.3) is 33.5 Å². The first-order chi connectivity index (χ1) is 12.1. The highest BCUT2D eigenvalue weighted by molar-refractivity contribution is 5.86. The first-order valence-corrected chi connectivity index (χ1v) is 7.59. The molecule has 4 rings (SSSR count). The van der Waals surface area contributed by atoms with Gasteiger partial charge >= 0.3 is 0 Å². The van der Waals surface area contributed by atoms with E-state index < -0.39 is 17.5 Å². The smallest absolute Gasteiger partial charge is 0.125 e. The zero-order valence-corrected chi connectivity index (χ0v) is 12.9. The van der Waals surface area contributed by atoms with Gasteiger partial charge in [-0.15, -0.1) is 0 Å². The summed E-state index contributed by atoms with van der Waals surface area (Å²) in [5.41, 5.74) is 2.59. The molecule has 0 aliphatic heterocycles. The van der Waals surface area contributed by atoms with Crippen LogP contribution in [0.2, 0.25) is 0 Å². The standard InChI is InChI=1S/C20H11F3N2/c21-14-5-1-3-12(9-14)19-20(13-4-2-6-15(22)10-13)25-18-11-16(23)7-8-17(18)24-19/h1-11H. The van der Waals surface area contributed by atoms with E-state index in [9.17, 15) is 13.2 Å². The Hall–Kier alpha value is -3.21. The van der Waals surface area contributed by atoms with Crippen molar-refractivity contribution >= 4 is 11.0 Å². The van der Waals surface area contributed by atoms with Gasteiger partial charge in [0.2, 0.25) is 0 Å². The summed E-state index contributed by atoms with van der Waals surface area (Å²) in [6.45, 7) is 0. The molecule has 0 unspecified atom stereocenters. The summed E-state index contributed by atoms with van der Waals surface area (Å²) < 4.78 is 40.9. The van der Waals surface area contributed by atoms with E-state index >= 15 is 0 Å². The van der Waals surface area contributed by atoms with Crippen molar-refractivity contribution in [3.05, 3.63) is 84.2 Å². The highest BCUT2D eigenvalue weighted by Crippen LogP contribution is 2.31. The number of rotatable bonds is 2. The third kappa shape index (κ3) is 2.96. The van der Waals surface area contributed by atoms with E-state index in [-0.39, 0.29) is 0 Å². The van der Waals surface area contributed by atoms with Crippen molar-refractivity contribution in [3.8, 4) is 22.5 Å². The Morgan fingerprint density at radius 1 is 0.520 bits per heavy atom. The lowest BCUT2D eigenvalue weighted by Crippen LogP contribution is -1.96. The molecule has 0 amide bonds. The topological polar surface area (TPSA) is 25.8 Å². The number of aromatic nitrogens is 2. The van der Waals surface area contributed by atoms with Crippen LogP contribution in [0.5, 0.6) is 0 Å². The molecule has 0 bridgehead atoms. The van der Waals surface area contributed by atoms with E-state index in [2.05, 4.69) is 9.97 Å². The van der Waals surface area contributed by atoms with Gasteiger partial charge in [-0.25, -0.2) is 23.1 Å². The number of hydrogen-bond acceptors (Lipinski definition) is 2. The van der Waals surface area contributed by atoms with Crippen LogP contribution in [-0.4, -0.2) is 9.97 Å². The second-order valence-corrected chi connectivity index (χ2v) is 5.57. The minimum atomic E-state index is -0.439. The molecule has 1 aromatic heterocycles. The predicted molar refractivity (Wildman–Crippen MR) is 90.3 cm³/mol. The molecule has 0 radical (unpaired) electrons. The molecule has 0 N–H and O–H groups in total. The summed E-state index contributed by atoms with van der Waals surface area (Å²) in [4.78, 5) is 8.98. The monoisotopic (exact) mass is 336 g/mol. The third-order valence-corrected chi connectivity index (χ3v) is 3.82. The van der Waals surface area contributed by atoms with Gasteiger partial charge in [0.1, 0.15) is 17.5 Å². The highest BCUT2D eigenvalue weighted by atomic mass is 19.1. The number of hydrogen-bond donors (Lipinski definition) is 0. The average molecular weight is 336 g/mol. The van der Waals surface area contributed by atoms with Crippen molar-refractivity contribution < 1.29 is 13.2 Å². The Morgan fingerprint density at radius 3 is 1.60 bits per heavy atom. The van der Waals surface area contributed by atoms with Crippen molar-refractivity contribution in [2.24, 2.45) is 0 Å². The first kappa shape index (κ1) is 15.3. The van der Waals surface area contributed by atoms with Gasteiger partial charge in [0.25, 0.3) is 0 Å². The molecule has 25 heavy (non-hydrogen) atoms. The molecule has 0 spiro atoms. The fourth-order valence-corrected chi connectivity index (χ4v) is 2.70. The van der Waals surface area contributed by atoms with E-state index in [0.29, 0.717) is 33.5 Å². The molecule has 5 heteroatoms. The summed E-state index contributed by atoms with van der Waals surface area (Å²) in [7, 11) is 0. The lowest BCUT2D eigenvalue weighted by Gasteiger charge is -2.11. The van der Waals surface area contributed by atoms with Gasteiger partial charge in [0.05, 0.1) is 22.4 Å². The zero-order valence-electron chi connectivity index (χ0n) is 12.9.